The number of amides is 1. The highest BCUT2D eigenvalue weighted by molar-refractivity contribution is 5.90. The molecule has 0 atom stereocenters. The molecule has 2 rings (SSSR count). The lowest BCUT2D eigenvalue weighted by Crippen LogP contribution is -2.83. The summed E-state index contributed by atoms with van der Waals surface area (Å²) in [4.78, 5) is 15.4. The van der Waals surface area contributed by atoms with Gasteiger partial charge in [0.1, 0.15) is 5.69 Å². The molecule has 118 valence electrons. The summed E-state index contributed by atoms with van der Waals surface area (Å²) < 4.78 is 1.90. The molecule has 0 aliphatic heterocycles. The van der Waals surface area contributed by atoms with E-state index < -0.39 is 0 Å². The first-order valence-corrected chi connectivity index (χ1v) is 7.03. The first-order chi connectivity index (χ1) is 10.6. The van der Waals surface area contributed by atoms with Crippen LogP contribution in [0.4, 0.5) is 23.0 Å². The molecule has 0 saturated heterocycles. The van der Waals surface area contributed by atoms with Crippen LogP contribution in [0.25, 0.3) is 0 Å². The molecule has 0 unspecified atom stereocenters. The number of nitrogens with one attached hydrogen (secondary N) is 3. The van der Waals surface area contributed by atoms with Crippen LogP contribution in [-0.4, -0.2) is 28.5 Å². The van der Waals surface area contributed by atoms with Crippen LogP contribution in [-0.2, 0) is 11.8 Å². The van der Waals surface area contributed by atoms with Crippen LogP contribution in [0.15, 0.2) is 30.6 Å². The summed E-state index contributed by atoms with van der Waals surface area (Å²) >= 11 is 0. The monoisotopic (exact) mass is 304 g/mol. The van der Waals surface area contributed by atoms with Crippen molar-refractivity contribution >= 4 is 28.9 Å². The van der Waals surface area contributed by atoms with Crippen LogP contribution >= 0.6 is 0 Å². The summed E-state index contributed by atoms with van der Waals surface area (Å²) in [5.41, 5.74) is 13.0. The topological polar surface area (TPSA) is 114 Å². The summed E-state index contributed by atoms with van der Waals surface area (Å²) in [5.74, 6) is 0.691. The van der Waals surface area contributed by atoms with Gasteiger partial charge in [-0.2, -0.15) is 10.4 Å². The molecule has 8 heteroatoms. The lowest BCUT2D eigenvalue weighted by atomic mass is 10.2. The van der Waals surface area contributed by atoms with Crippen molar-refractivity contribution in [2.45, 2.75) is 6.92 Å². The van der Waals surface area contributed by atoms with Crippen LogP contribution in [0.5, 0.6) is 0 Å². The summed E-state index contributed by atoms with van der Waals surface area (Å²) in [6.45, 7) is 2.68. The highest BCUT2D eigenvalue weighted by Crippen LogP contribution is 2.24. The van der Waals surface area contributed by atoms with Gasteiger partial charge >= 0.3 is 5.95 Å². The van der Waals surface area contributed by atoms with Gasteiger partial charge in [0.25, 0.3) is 0 Å². The predicted octanol–water partition coefficient (Wildman–Crippen LogP) is -0.0289. The number of anilines is 3. The molecule has 7 N–H and O–H groups in total. The summed E-state index contributed by atoms with van der Waals surface area (Å²) in [6.07, 6.45) is 3.60. The summed E-state index contributed by atoms with van der Waals surface area (Å²) in [7, 11) is 1.92. The van der Waals surface area contributed by atoms with Crippen LogP contribution < -0.4 is 27.2 Å². The van der Waals surface area contributed by atoms with Gasteiger partial charge in [0.2, 0.25) is 5.91 Å². The third-order valence-electron chi connectivity index (χ3n) is 3.01. The summed E-state index contributed by atoms with van der Waals surface area (Å²) in [6, 6.07) is 5.60. The molecule has 8 nitrogen and oxygen atoms in total. The van der Waals surface area contributed by atoms with Crippen molar-refractivity contribution in [2.75, 3.05) is 29.1 Å². The minimum Gasteiger partial charge on any atom is -0.382 e. The summed E-state index contributed by atoms with van der Waals surface area (Å²) in [5, 5.41) is 6.01. The second-order valence-corrected chi connectivity index (χ2v) is 4.84. The Bertz CT molecular complexity index is 638. The van der Waals surface area contributed by atoms with E-state index in [9.17, 15) is 4.79 Å². The Morgan fingerprint density at radius 3 is 2.86 bits per heavy atom. The van der Waals surface area contributed by atoms with Crippen molar-refractivity contribution < 1.29 is 10.2 Å². The number of carbonyl (C=O) groups is 1. The number of aryl methyl sites for hydroxylation is 1. The zero-order valence-corrected chi connectivity index (χ0v) is 12.8. The van der Waals surface area contributed by atoms with Crippen molar-refractivity contribution in [3.63, 3.8) is 0 Å². The molecule has 1 aromatic carbocycles. The number of hydrogen-bond donors (Lipinski definition) is 5. The van der Waals surface area contributed by atoms with Gasteiger partial charge in [-0.05, 0) is 18.2 Å². The first-order valence-electron chi connectivity index (χ1n) is 7.03. The maximum atomic E-state index is 11.2. The van der Waals surface area contributed by atoms with Gasteiger partial charge in [-0.1, -0.05) is 0 Å². The van der Waals surface area contributed by atoms with Crippen LogP contribution in [0.3, 0.4) is 0 Å². The number of aromatic nitrogens is 2. The quantitative estimate of drug-likeness (QED) is 0.364. The van der Waals surface area contributed by atoms with Crippen molar-refractivity contribution in [3.8, 4) is 0 Å². The molecule has 0 spiro atoms. The fourth-order valence-electron chi connectivity index (χ4n) is 1.96. The standard InChI is InChI=1S/C14H21N7O/c1-10(22)18-11-3-4-12(16-6-5-15)13(9-11)19-20-14-17-7-8-21(14)2/h3-4,7-9,16,19H,5-6,15H2,1-2H3,(H,17,20)(H,18,22)/p+1. The third kappa shape index (κ3) is 4.21. The van der Waals surface area contributed by atoms with Gasteiger partial charge in [-0.25, -0.2) is 5.43 Å². The number of quaternary nitrogens is 1. The second-order valence-electron chi connectivity index (χ2n) is 4.84. The Labute approximate surface area is 129 Å². The van der Waals surface area contributed by atoms with Crippen LogP contribution in [0.1, 0.15) is 6.92 Å². The Kier molecular flexibility index (Phi) is 5.34. The number of carbonyl (C=O) groups excluding carboxylic acids is 1. The second kappa shape index (κ2) is 7.43. The van der Waals surface area contributed by atoms with Crippen molar-refractivity contribution in [2.24, 2.45) is 12.8 Å². The molecule has 1 amide bonds. The molecular weight excluding hydrogens is 282 g/mol. The normalized spacial score (nSPS) is 10.3. The number of benzene rings is 1. The minimum absolute atomic E-state index is 0.110. The molecule has 0 bridgehead atoms. The molecular formula is C14H22N7O+. The number of nitrogens with zero attached hydrogens (tertiary/aromatic N) is 2. The molecule has 0 aliphatic rings. The maximum Gasteiger partial charge on any atom is 0.330 e. The average Bonchev–Trinajstić information content (AvgIpc) is 2.89. The van der Waals surface area contributed by atoms with Gasteiger partial charge in [0, 0.05) is 38.9 Å². The molecule has 0 aliphatic carbocycles. The molecule has 0 fully saturated rings. The first kappa shape index (κ1) is 15.8. The predicted molar refractivity (Wildman–Crippen MR) is 86.7 cm³/mol. The van der Waals surface area contributed by atoms with E-state index in [-0.39, 0.29) is 5.91 Å². The fraction of sp³-hybridized carbons (Fsp3) is 0.286. The molecule has 1 heterocycles. The average molecular weight is 304 g/mol. The van der Waals surface area contributed by atoms with Crippen LogP contribution in [0, 0.1) is 0 Å². The highest BCUT2D eigenvalue weighted by atomic mass is 16.1. The Hall–Kier alpha value is -2.58. The van der Waals surface area contributed by atoms with E-state index in [0.717, 1.165) is 23.0 Å². The Morgan fingerprint density at radius 1 is 1.41 bits per heavy atom. The molecule has 2 aromatic rings. The zero-order chi connectivity index (χ0) is 15.9. The van der Waals surface area contributed by atoms with Gasteiger partial charge in [-0.15, -0.1) is 0 Å². The van der Waals surface area contributed by atoms with Gasteiger partial charge < -0.3 is 16.4 Å². The number of nitrogen functional groups attached to an aromatic ring is 1. The van der Waals surface area contributed by atoms with E-state index in [2.05, 4.69) is 21.0 Å². The zero-order valence-electron chi connectivity index (χ0n) is 12.8. The van der Waals surface area contributed by atoms with Gasteiger partial charge in [0.15, 0.2) is 0 Å². The van der Waals surface area contributed by atoms with E-state index in [1.807, 2.05) is 36.0 Å². The molecule has 0 saturated carbocycles. The number of nitrogens with two attached hydrogens (primary N) is 2. The van der Waals surface area contributed by atoms with E-state index >= 15 is 0 Å². The highest BCUT2D eigenvalue weighted by Gasteiger charge is 2.08. The van der Waals surface area contributed by atoms with Gasteiger partial charge in [-0.3, -0.25) is 9.36 Å². The van der Waals surface area contributed by atoms with Crippen molar-refractivity contribution in [1.29, 1.82) is 0 Å². The minimum atomic E-state index is -0.110. The third-order valence-corrected chi connectivity index (χ3v) is 3.01. The van der Waals surface area contributed by atoms with Crippen LogP contribution in [0.2, 0.25) is 0 Å². The van der Waals surface area contributed by atoms with Gasteiger partial charge in [0.05, 0.1) is 11.9 Å². The lowest BCUT2D eigenvalue weighted by Gasteiger charge is -2.13. The number of rotatable bonds is 7. The lowest BCUT2D eigenvalue weighted by molar-refractivity contribution is -0.547. The molecule has 1 aromatic heterocycles. The number of hydrogen-bond acceptors (Lipinski definition) is 5. The number of imidazole rings is 1. The van der Waals surface area contributed by atoms with E-state index in [0.29, 0.717) is 13.1 Å². The Morgan fingerprint density at radius 2 is 2.23 bits per heavy atom. The maximum absolute atomic E-state index is 11.2. The fourth-order valence-corrected chi connectivity index (χ4v) is 1.96. The smallest absolute Gasteiger partial charge is 0.330 e. The molecule has 22 heavy (non-hydrogen) atoms. The molecule has 0 radical (unpaired) electrons. The Balaban J connectivity index is 2.16. The largest absolute Gasteiger partial charge is 0.382 e. The SMILES string of the molecule is CC(=O)Nc1ccc(NCCN)c(N[NH2+]c2nccn2C)c1. The van der Waals surface area contributed by atoms with E-state index in [1.54, 1.807) is 11.6 Å². The van der Waals surface area contributed by atoms with Crippen molar-refractivity contribution in [1.82, 2.24) is 9.55 Å². The van der Waals surface area contributed by atoms with E-state index in [4.69, 9.17) is 5.73 Å². The van der Waals surface area contributed by atoms with E-state index in [1.165, 1.54) is 6.92 Å². The van der Waals surface area contributed by atoms with Crippen molar-refractivity contribution in [3.05, 3.63) is 30.6 Å².